The zero-order valence-electron chi connectivity index (χ0n) is 22.4. The number of likely N-dealkylation sites (tertiary alicyclic amines) is 1. The maximum atomic E-state index is 14.7. The molecule has 0 spiro atoms. The second kappa shape index (κ2) is 14.5. The van der Waals surface area contributed by atoms with Crippen LogP contribution in [0, 0.1) is 17.7 Å². The smallest absolute Gasteiger partial charge is 0.256 e. The third-order valence-corrected chi connectivity index (χ3v) is 7.73. The standard InChI is InChI=1S/C27H40FN3O9/c28-20-12-18(38-10-1-2-16-5-7-29-8-6-16)3-4-19(20)26(37)31-13-17(14-31)25(36)30-9-11-39-27-24(35)23(34)22(33)21(15-32)40-27/h3-4,12,16-17,21-24,27,29,32-35H,1-2,5-11,13-15H2,(H,30,36)/t21-,22-,23?,24+,27+/m1/s1. The van der Waals surface area contributed by atoms with Gasteiger partial charge in [-0.1, -0.05) is 0 Å². The first-order valence-electron chi connectivity index (χ1n) is 13.9. The van der Waals surface area contributed by atoms with Crippen molar-refractivity contribution in [1.29, 1.82) is 0 Å². The van der Waals surface area contributed by atoms with Gasteiger partial charge in [-0.15, -0.1) is 0 Å². The lowest BCUT2D eigenvalue weighted by atomic mass is 9.93. The Labute approximate surface area is 232 Å². The summed E-state index contributed by atoms with van der Waals surface area (Å²) in [5.74, 6) is -0.846. The third-order valence-electron chi connectivity index (χ3n) is 7.73. The van der Waals surface area contributed by atoms with E-state index in [0.717, 1.165) is 25.9 Å². The highest BCUT2D eigenvalue weighted by Crippen LogP contribution is 2.24. The second-order valence-corrected chi connectivity index (χ2v) is 10.6. The molecule has 0 aliphatic carbocycles. The van der Waals surface area contributed by atoms with Gasteiger partial charge in [0.05, 0.1) is 31.3 Å². The molecular formula is C27H40FN3O9. The van der Waals surface area contributed by atoms with E-state index in [1.807, 2.05) is 0 Å². The molecule has 224 valence electrons. The lowest BCUT2D eigenvalue weighted by molar-refractivity contribution is -0.300. The lowest BCUT2D eigenvalue weighted by Crippen LogP contribution is -2.59. The molecule has 3 heterocycles. The molecule has 0 aromatic heterocycles. The van der Waals surface area contributed by atoms with Crippen LogP contribution in [0.25, 0.3) is 0 Å². The number of aliphatic hydroxyl groups is 4. The van der Waals surface area contributed by atoms with Crippen molar-refractivity contribution in [2.24, 2.45) is 11.8 Å². The molecule has 1 aromatic rings. The van der Waals surface area contributed by atoms with Gasteiger partial charge >= 0.3 is 0 Å². The summed E-state index contributed by atoms with van der Waals surface area (Å²) >= 11 is 0. The SMILES string of the molecule is O=C(NCCO[C@H]1O[C@H](CO)[C@@H](O)C(O)[C@@H]1O)C1CN(C(=O)c2ccc(OCCCC3CCNCC3)cc2F)C1. The molecule has 12 nitrogen and oxygen atoms in total. The first-order valence-corrected chi connectivity index (χ1v) is 13.9. The number of carbonyl (C=O) groups excluding carboxylic acids is 2. The molecule has 4 rings (SSSR count). The fraction of sp³-hybridized carbons (Fsp3) is 0.704. The molecule has 3 saturated heterocycles. The second-order valence-electron chi connectivity index (χ2n) is 10.6. The van der Waals surface area contributed by atoms with Crippen LogP contribution in [0.3, 0.4) is 0 Å². The highest BCUT2D eigenvalue weighted by atomic mass is 19.1. The molecular weight excluding hydrogens is 529 g/mol. The zero-order chi connectivity index (χ0) is 28.6. The summed E-state index contributed by atoms with van der Waals surface area (Å²) in [5.41, 5.74) is -0.0751. The van der Waals surface area contributed by atoms with Crippen LogP contribution in [0.5, 0.6) is 5.75 Å². The average molecular weight is 570 g/mol. The van der Waals surface area contributed by atoms with Gasteiger partial charge in [0.1, 0.15) is 36.0 Å². The summed E-state index contributed by atoms with van der Waals surface area (Å²) in [7, 11) is 0. The van der Waals surface area contributed by atoms with Crippen molar-refractivity contribution in [2.75, 3.05) is 52.5 Å². The van der Waals surface area contributed by atoms with Gasteiger partial charge < -0.3 is 50.2 Å². The van der Waals surface area contributed by atoms with Crippen LogP contribution < -0.4 is 15.4 Å². The van der Waals surface area contributed by atoms with Crippen LogP contribution in [0.1, 0.15) is 36.0 Å². The van der Waals surface area contributed by atoms with Gasteiger partial charge in [-0.2, -0.15) is 0 Å². The minimum Gasteiger partial charge on any atom is -0.493 e. The van der Waals surface area contributed by atoms with Gasteiger partial charge in [-0.3, -0.25) is 9.59 Å². The molecule has 13 heteroatoms. The maximum absolute atomic E-state index is 14.7. The number of benzene rings is 1. The summed E-state index contributed by atoms with van der Waals surface area (Å²) in [6.45, 7) is 2.31. The van der Waals surface area contributed by atoms with E-state index in [9.17, 15) is 34.4 Å². The van der Waals surface area contributed by atoms with E-state index < -0.39 is 55.0 Å². The number of aliphatic hydroxyl groups excluding tert-OH is 4. The van der Waals surface area contributed by atoms with Gasteiger partial charge in [-0.05, 0) is 56.8 Å². The monoisotopic (exact) mass is 569 g/mol. The molecule has 0 saturated carbocycles. The Kier molecular flexibility index (Phi) is 11.1. The van der Waals surface area contributed by atoms with E-state index >= 15 is 0 Å². The number of amides is 2. The van der Waals surface area contributed by atoms with Crippen LogP contribution in [0.2, 0.25) is 0 Å². The van der Waals surface area contributed by atoms with Crippen molar-refractivity contribution < 1.29 is 48.6 Å². The molecule has 3 fully saturated rings. The highest BCUT2D eigenvalue weighted by Gasteiger charge is 2.44. The lowest BCUT2D eigenvalue weighted by Gasteiger charge is -2.39. The van der Waals surface area contributed by atoms with Crippen molar-refractivity contribution >= 4 is 11.8 Å². The van der Waals surface area contributed by atoms with Crippen molar-refractivity contribution in [1.82, 2.24) is 15.5 Å². The van der Waals surface area contributed by atoms with Crippen LogP contribution in [-0.4, -0.2) is 120 Å². The van der Waals surface area contributed by atoms with Gasteiger partial charge in [0.2, 0.25) is 5.91 Å². The first-order chi connectivity index (χ1) is 19.3. The maximum Gasteiger partial charge on any atom is 0.256 e. The Balaban J connectivity index is 1.13. The Morgan fingerprint density at radius 1 is 1.10 bits per heavy atom. The average Bonchev–Trinajstić information content (AvgIpc) is 2.93. The molecule has 5 atom stereocenters. The molecule has 40 heavy (non-hydrogen) atoms. The number of halogens is 1. The summed E-state index contributed by atoms with van der Waals surface area (Å²) < 4.78 is 30.9. The molecule has 2 amide bonds. The summed E-state index contributed by atoms with van der Waals surface area (Å²) in [5, 5.41) is 44.8. The Bertz CT molecular complexity index is 988. The van der Waals surface area contributed by atoms with E-state index in [1.165, 1.54) is 29.9 Å². The fourth-order valence-corrected chi connectivity index (χ4v) is 5.17. The van der Waals surface area contributed by atoms with E-state index in [1.54, 1.807) is 6.07 Å². The highest BCUT2D eigenvalue weighted by molar-refractivity contribution is 5.96. The summed E-state index contributed by atoms with van der Waals surface area (Å²) in [6, 6.07) is 4.21. The zero-order valence-corrected chi connectivity index (χ0v) is 22.4. The quantitative estimate of drug-likeness (QED) is 0.172. The first kappa shape index (κ1) is 30.6. The molecule has 6 N–H and O–H groups in total. The van der Waals surface area contributed by atoms with Crippen molar-refractivity contribution in [2.45, 2.75) is 56.4 Å². The largest absolute Gasteiger partial charge is 0.493 e. The van der Waals surface area contributed by atoms with Crippen molar-refractivity contribution in [3.63, 3.8) is 0 Å². The van der Waals surface area contributed by atoms with Gasteiger partial charge in [0, 0.05) is 25.7 Å². The molecule has 0 radical (unpaired) electrons. The minimum absolute atomic E-state index is 0.0618. The predicted octanol–water partition coefficient (Wildman–Crippen LogP) is -1.01. The van der Waals surface area contributed by atoms with E-state index in [4.69, 9.17) is 14.2 Å². The van der Waals surface area contributed by atoms with E-state index in [-0.39, 0.29) is 37.7 Å². The molecule has 0 bridgehead atoms. The number of carbonyl (C=O) groups is 2. The molecule has 3 aliphatic rings. The topological polar surface area (TPSA) is 170 Å². The van der Waals surface area contributed by atoms with Gasteiger partial charge in [-0.25, -0.2) is 4.39 Å². The van der Waals surface area contributed by atoms with Crippen LogP contribution in [0.4, 0.5) is 4.39 Å². The number of hydrogen-bond donors (Lipinski definition) is 6. The predicted molar refractivity (Wildman–Crippen MR) is 139 cm³/mol. The number of rotatable bonds is 12. The van der Waals surface area contributed by atoms with Crippen LogP contribution in [0.15, 0.2) is 18.2 Å². The van der Waals surface area contributed by atoms with Crippen LogP contribution >= 0.6 is 0 Å². The third kappa shape index (κ3) is 7.66. The van der Waals surface area contributed by atoms with Gasteiger partial charge in [0.25, 0.3) is 5.91 Å². The summed E-state index contributed by atoms with van der Waals surface area (Å²) in [6.07, 6.45) is -2.61. The number of piperidine rings is 1. The summed E-state index contributed by atoms with van der Waals surface area (Å²) in [4.78, 5) is 26.5. The Morgan fingerprint density at radius 2 is 1.85 bits per heavy atom. The number of nitrogens with one attached hydrogen (secondary N) is 2. The molecule has 1 unspecified atom stereocenters. The fourth-order valence-electron chi connectivity index (χ4n) is 5.17. The minimum atomic E-state index is -1.55. The van der Waals surface area contributed by atoms with E-state index in [0.29, 0.717) is 18.3 Å². The number of ether oxygens (including phenoxy) is 3. The van der Waals surface area contributed by atoms with E-state index in [2.05, 4.69) is 10.6 Å². The number of nitrogens with zero attached hydrogens (tertiary/aromatic N) is 1. The molecule has 1 aromatic carbocycles. The number of hydrogen-bond acceptors (Lipinski definition) is 10. The molecule has 3 aliphatic heterocycles. The Morgan fingerprint density at radius 3 is 2.55 bits per heavy atom. The van der Waals surface area contributed by atoms with Crippen molar-refractivity contribution in [3.8, 4) is 5.75 Å². The van der Waals surface area contributed by atoms with Crippen LogP contribution in [-0.2, 0) is 14.3 Å². The Hall–Kier alpha value is -2.39. The van der Waals surface area contributed by atoms with Crippen molar-refractivity contribution in [3.05, 3.63) is 29.6 Å². The normalized spacial score (nSPS) is 27.7. The van der Waals surface area contributed by atoms with Gasteiger partial charge in [0.15, 0.2) is 6.29 Å².